The van der Waals surface area contributed by atoms with Crippen LogP contribution in [0.5, 0.6) is 0 Å². The van der Waals surface area contributed by atoms with Gasteiger partial charge in [0.2, 0.25) is 0 Å². The topological polar surface area (TPSA) is 12.0 Å². The van der Waals surface area contributed by atoms with E-state index in [0.29, 0.717) is 0 Å². The lowest BCUT2D eigenvalue weighted by Gasteiger charge is -2.07. The summed E-state index contributed by atoms with van der Waals surface area (Å²) >= 11 is 9.38. The summed E-state index contributed by atoms with van der Waals surface area (Å²) < 4.78 is 0.954. The smallest absolute Gasteiger partial charge is 0.0551 e. The lowest BCUT2D eigenvalue weighted by atomic mass is 10.1. The highest BCUT2D eigenvalue weighted by Crippen LogP contribution is 2.22. The van der Waals surface area contributed by atoms with Crippen molar-refractivity contribution in [3.63, 3.8) is 0 Å². The molecule has 0 saturated heterocycles. The summed E-state index contributed by atoms with van der Waals surface area (Å²) in [6, 6.07) is 6.06. The first-order valence-electron chi connectivity index (χ1n) is 5.24. The fourth-order valence-corrected chi connectivity index (χ4v) is 1.72. The van der Waals surface area contributed by atoms with Crippen LogP contribution < -0.4 is 5.32 Å². The van der Waals surface area contributed by atoms with Crippen molar-refractivity contribution in [3.05, 3.63) is 33.3 Å². The van der Waals surface area contributed by atoms with Crippen LogP contribution in [-0.2, 0) is 6.54 Å². The van der Waals surface area contributed by atoms with Gasteiger partial charge in [0.05, 0.1) is 5.02 Å². The zero-order valence-corrected chi connectivity index (χ0v) is 11.5. The zero-order chi connectivity index (χ0) is 11.3. The molecule has 0 amide bonds. The third-order valence-electron chi connectivity index (χ3n) is 2.21. The van der Waals surface area contributed by atoms with Gasteiger partial charge in [0, 0.05) is 11.0 Å². The van der Waals surface area contributed by atoms with Crippen molar-refractivity contribution in [1.82, 2.24) is 5.32 Å². The molecule has 0 heterocycles. The lowest BCUT2D eigenvalue weighted by molar-refractivity contribution is 0.537. The van der Waals surface area contributed by atoms with E-state index in [0.717, 1.165) is 28.5 Å². The maximum atomic E-state index is 6.00. The molecule has 1 rings (SSSR count). The molecule has 0 unspecified atom stereocenters. The van der Waals surface area contributed by atoms with E-state index >= 15 is 0 Å². The van der Waals surface area contributed by atoms with Crippen molar-refractivity contribution in [2.75, 3.05) is 6.54 Å². The molecule has 1 aromatic carbocycles. The van der Waals surface area contributed by atoms with E-state index in [2.05, 4.69) is 41.2 Å². The molecule has 0 fully saturated rings. The molecule has 1 nitrogen and oxygen atoms in total. The lowest BCUT2D eigenvalue weighted by Crippen LogP contribution is -2.16. The predicted octanol–water partition coefficient (Wildman–Crippen LogP) is 4.24. The molecule has 0 bridgehead atoms. The minimum Gasteiger partial charge on any atom is -0.313 e. The van der Waals surface area contributed by atoms with E-state index in [1.165, 1.54) is 12.0 Å². The first-order chi connectivity index (χ1) is 7.09. The molecule has 84 valence electrons. The molecule has 1 aromatic rings. The quantitative estimate of drug-likeness (QED) is 0.800. The minimum atomic E-state index is 0.756. The van der Waals surface area contributed by atoms with E-state index in [-0.39, 0.29) is 0 Å². The third-order valence-corrected chi connectivity index (χ3v) is 3.44. The predicted molar refractivity (Wildman–Crippen MR) is 70.3 cm³/mol. The second-order valence-corrected chi connectivity index (χ2v) is 5.37. The van der Waals surface area contributed by atoms with Crippen LogP contribution in [0.15, 0.2) is 22.7 Å². The Balaban J connectivity index is 2.35. The number of hydrogen-bond acceptors (Lipinski definition) is 1. The van der Waals surface area contributed by atoms with E-state index < -0.39 is 0 Å². The maximum Gasteiger partial charge on any atom is 0.0551 e. The summed E-state index contributed by atoms with van der Waals surface area (Å²) in [4.78, 5) is 0. The van der Waals surface area contributed by atoms with Gasteiger partial charge < -0.3 is 5.32 Å². The number of benzene rings is 1. The van der Waals surface area contributed by atoms with Gasteiger partial charge in [-0.2, -0.15) is 0 Å². The van der Waals surface area contributed by atoms with Crippen LogP contribution in [0.4, 0.5) is 0 Å². The van der Waals surface area contributed by atoms with E-state index in [4.69, 9.17) is 11.6 Å². The van der Waals surface area contributed by atoms with Gasteiger partial charge in [0.15, 0.2) is 0 Å². The SMILES string of the molecule is CC(C)CCNCc1ccc(Br)c(Cl)c1. The monoisotopic (exact) mass is 289 g/mol. The number of rotatable bonds is 5. The first kappa shape index (κ1) is 13.0. The van der Waals surface area contributed by atoms with Crippen LogP contribution in [0.3, 0.4) is 0 Å². The van der Waals surface area contributed by atoms with E-state index in [1.807, 2.05) is 12.1 Å². The Hall–Kier alpha value is -0.0500. The van der Waals surface area contributed by atoms with Gasteiger partial charge in [-0.25, -0.2) is 0 Å². The maximum absolute atomic E-state index is 6.00. The second kappa shape index (κ2) is 6.51. The Kier molecular flexibility index (Phi) is 5.65. The van der Waals surface area contributed by atoms with Crippen molar-refractivity contribution in [2.24, 2.45) is 5.92 Å². The first-order valence-corrected chi connectivity index (χ1v) is 6.41. The number of hydrogen-bond donors (Lipinski definition) is 1. The Labute approximate surface area is 105 Å². The Morgan fingerprint density at radius 1 is 1.40 bits per heavy atom. The van der Waals surface area contributed by atoms with Gasteiger partial charge >= 0.3 is 0 Å². The fourth-order valence-electron chi connectivity index (χ4n) is 1.27. The average Bonchev–Trinajstić information content (AvgIpc) is 2.18. The Morgan fingerprint density at radius 3 is 2.73 bits per heavy atom. The van der Waals surface area contributed by atoms with Gasteiger partial charge in [-0.3, -0.25) is 0 Å². The third kappa shape index (κ3) is 5.01. The molecular formula is C12H17BrClN. The number of halogens is 2. The molecule has 15 heavy (non-hydrogen) atoms. The summed E-state index contributed by atoms with van der Waals surface area (Å²) in [6.07, 6.45) is 1.21. The van der Waals surface area contributed by atoms with Crippen molar-refractivity contribution >= 4 is 27.5 Å². The molecule has 1 N–H and O–H groups in total. The standard InChI is InChI=1S/C12H17BrClN/c1-9(2)5-6-15-8-10-3-4-11(13)12(14)7-10/h3-4,7,9,15H,5-6,8H2,1-2H3. The highest BCUT2D eigenvalue weighted by atomic mass is 79.9. The van der Waals surface area contributed by atoms with Crippen LogP contribution in [0.1, 0.15) is 25.8 Å². The van der Waals surface area contributed by atoms with Crippen molar-refractivity contribution in [2.45, 2.75) is 26.8 Å². The van der Waals surface area contributed by atoms with Crippen molar-refractivity contribution in [3.8, 4) is 0 Å². The zero-order valence-electron chi connectivity index (χ0n) is 9.19. The van der Waals surface area contributed by atoms with Crippen LogP contribution in [0, 0.1) is 5.92 Å². The summed E-state index contributed by atoms with van der Waals surface area (Å²) in [5.74, 6) is 0.756. The van der Waals surface area contributed by atoms with Gasteiger partial charge in [0.1, 0.15) is 0 Å². The summed E-state index contributed by atoms with van der Waals surface area (Å²) in [5.41, 5.74) is 1.23. The van der Waals surface area contributed by atoms with Crippen LogP contribution >= 0.6 is 27.5 Å². The van der Waals surface area contributed by atoms with Crippen LogP contribution in [0.25, 0.3) is 0 Å². The largest absolute Gasteiger partial charge is 0.313 e. The van der Waals surface area contributed by atoms with Crippen molar-refractivity contribution in [1.29, 1.82) is 0 Å². The summed E-state index contributed by atoms with van der Waals surface area (Å²) in [7, 11) is 0. The van der Waals surface area contributed by atoms with Gasteiger partial charge in [-0.05, 0) is 52.5 Å². The molecule has 3 heteroatoms. The van der Waals surface area contributed by atoms with E-state index in [1.54, 1.807) is 0 Å². The average molecular weight is 291 g/mol. The molecule has 0 aliphatic rings. The van der Waals surface area contributed by atoms with Gasteiger partial charge in [-0.15, -0.1) is 0 Å². The molecular weight excluding hydrogens is 273 g/mol. The molecule has 0 saturated carbocycles. The van der Waals surface area contributed by atoms with E-state index in [9.17, 15) is 0 Å². The molecule has 0 spiro atoms. The molecule has 0 aliphatic carbocycles. The molecule has 0 aromatic heterocycles. The van der Waals surface area contributed by atoms with Crippen LogP contribution in [-0.4, -0.2) is 6.54 Å². The van der Waals surface area contributed by atoms with Gasteiger partial charge in [0.25, 0.3) is 0 Å². The highest BCUT2D eigenvalue weighted by molar-refractivity contribution is 9.10. The Morgan fingerprint density at radius 2 is 2.13 bits per heavy atom. The molecule has 0 atom stereocenters. The Bertz CT molecular complexity index is 312. The number of nitrogens with one attached hydrogen (secondary N) is 1. The fraction of sp³-hybridized carbons (Fsp3) is 0.500. The summed E-state index contributed by atoms with van der Waals surface area (Å²) in [6.45, 7) is 6.42. The minimum absolute atomic E-state index is 0.756. The van der Waals surface area contributed by atoms with Crippen molar-refractivity contribution < 1.29 is 0 Å². The van der Waals surface area contributed by atoms with Gasteiger partial charge in [-0.1, -0.05) is 31.5 Å². The summed E-state index contributed by atoms with van der Waals surface area (Å²) in [5, 5.41) is 4.18. The molecule has 0 aliphatic heterocycles. The highest BCUT2D eigenvalue weighted by Gasteiger charge is 1.99. The second-order valence-electron chi connectivity index (χ2n) is 4.11. The van der Waals surface area contributed by atoms with Crippen LogP contribution in [0.2, 0.25) is 5.02 Å². The molecule has 0 radical (unpaired) electrons. The normalized spacial score (nSPS) is 11.0.